The Morgan fingerprint density at radius 1 is 1.09 bits per heavy atom. The van der Waals surface area contributed by atoms with E-state index in [1.165, 1.54) is 16.2 Å². The van der Waals surface area contributed by atoms with Crippen LogP contribution in [0.2, 0.25) is 0 Å². The number of aromatic nitrogens is 4. The van der Waals surface area contributed by atoms with Gasteiger partial charge < -0.3 is 29.2 Å². The number of rotatable bonds is 6. The third-order valence-corrected chi connectivity index (χ3v) is 9.00. The molecule has 0 unspecified atom stereocenters. The predicted octanol–water partition coefficient (Wildman–Crippen LogP) is 5.05. The molecule has 6 heterocycles. The molecule has 7 rings (SSSR count). The first-order valence-electron chi connectivity index (χ1n) is 16.3. The van der Waals surface area contributed by atoms with E-state index in [9.17, 15) is 9.59 Å². The number of hydrogen-bond donors (Lipinski definition) is 1. The molecule has 0 spiro atoms. The second-order valence-electron chi connectivity index (χ2n) is 13.8. The van der Waals surface area contributed by atoms with Crippen LogP contribution >= 0.6 is 0 Å². The van der Waals surface area contributed by atoms with Crippen LogP contribution in [0.25, 0.3) is 22.3 Å². The van der Waals surface area contributed by atoms with Crippen molar-refractivity contribution in [2.75, 3.05) is 50.6 Å². The molecule has 0 radical (unpaired) electrons. The van der Waals surface area contributed by atoms with Gasteiger partial charge in [-0.25, -0.2) is 19.7 Å². The maximum atomic E-state index is 14.1. The number of nitrogens with zero attached hydrogens (tertiary/aromatic N) is 7. The van der Waals surface area contributed by atoms with Crippen molar-refractivity contribution in [2.24, 2.45) is 7.05 Å². The highest BCUT2D eigenvalue weighted by Crippen LogP contribution is 2.42. The Balaban J connectivity index is 1.33. The second kappa shape index (κ2) is 11.9. The van der Waals surface area contributed by atoms with Crippen LogP contribution < -0.4 is 10.2 Å². The fraction of sp³-hybridized carbons (Fsp3) is 0.457. The van der Waals surface area contributed by atoms with Crippen LogP contribution in [0, 0.1) is 0 Å². The number of amides is 2. The van der Waals surface area contributed by atoms with Gasteiger partial charge in [0.05, 0.1) is 54.3 Å². The highest BCUT2D eigenvalue weighted by Gasteiger charge is 2.40. The normalized spacial score (nSPS) is 16.3. The van der Waals surface area contributed by atoms with Crippen molar-refractivity contribution in [1.82, 2.24) is 29.3 Å². The number of nitrogens with one attached hydrogen (secondary N) is 1. The van der Waals surface area contributed by atoms with E-state index in [0.29, 0.717) is 48.1 Å². The highest BCUT2D eigenvalue weighted by molar-refractivity contribution is 6.12. The van der Waals surface area contributed by atoms with E-state index in [2.05, 4.69) is 32.8 Å². The molecule has 3 aliphatic rings. The van der Waals surface area contributed by atoms with Crippen LogP contribution in [0.4, 0.5) is 22.0 Å². The third-order valence-electron chi connectivity index (χ3n) is 9.00. The summed E-state index contributed by atoms with van der Waals surface area (Å²) in [6, 6.07) is 5.96. The summed E-state index contributed by atoms with van der Waals surface area (Å²) in [6.07, 6.45) is 5.86. The molecule has 1 aliphatic carbocycles. The SMILES string of the molecule is CN(C)Cc1nc(Nc2cnc(-c3ccnc4c3c3c(n4C)CCC3)c3c2C(=O)N(C(=O)OC(C)(C)C)C3)ccc1N1CCOCC1. The Hall–Kier alpha value is -4.55. The molecular weight excluding hydrogens is 596 g/mol. The van der Waals surface area contributed by atoms with E-state index >= 15 is 0 Å². The van der Waals surface area contributed by atoms with Gasteiger partial charge in [0.2, 0.25) is 0 Å². The highest BCUT2D eigenvalue weighted by atomic mass is 16.6. The molecule has 246 valence electrons. The van der Waals surface area contributed by atoms with Gasteiger partial charge >= 0.3 is 6.09 Å². The van der Waals surface area contributed by atoms with Gasteiger partial charge in [-0.2, -0.15) is 0 Å². The Kier molecular flexibility index (Phi) is 7.88. The molecule has 1 fully saturated rings. The van der Waals surface area contributed by atoms with Crippen molar-refractivity contribution in [1.29, 1.82) is 0 Å². The lowest BCUT2D eigenvalue weighted by atomic mass is 9.98. The van der Waals surface area contributed by atoms with Gasteiger partial charge in [0.1, 0.15) is 17.1 Å². The van der Waals surface area contributed by atoms with Crippen LogP contribution in [0.15, 0.2) is 30.6 Å². The molecule has 0 atom stereocenters. The standard InChI is InChI=1S/C35H42N8O4/c1-35(2,3)47-34(45)43-19-23-30(33(43)44)24(38-28-11-10-27(25(39-28)20-40(4)5)42-14-16-46-17-15-42)18-37-31(23)22-12-13-36-32-29(22)21-8-7-9-26(21)41(32)6/h10-13,18H,7-9,14-17,19-20H2,1-6H3,(H,38,39). The minimum Gasteiger partial charge on any atom is -0.443 e. The summed E-state index contributed by atoms with van der Waals surface area (Å²) in [5.41, 5.74) is 7.85. The van der Waals surface area contributed by atoms with E-state index in [1.54, 1.807) is 33.2 Å². The molecule has 0 bridgehead atoms. The molecular formula is C35H42N8O4. The third kappa shape index (κ3) is 5.69. The Bertz CT molecular complexity index is 1890. The molecule has 0 saturated carbocycles. The Labute approximate surface area is 274 Å². The molecule has 2 amide bonds. The van der Waals surface area contributed by atoms with Gasteiger partial charge in [0, 0.05) is 55.1 Å². The zero-order valence-corrected chi connectivity index (χ0v) is 28.0. The molecule has 12 nitrogen and oxygen atoms in total. The molecule has 0 aromatic carbocycles. The lowest BCUT2D eigenvalue weighted by Crippen LogP contribution is -2.37. The fourth-order valence-corrected chi connectivity index (χ4v) is 7.01. The second-order valence-corrected chi connectivity index (χ2v) is 13.8. The Morgan fingerprint density at radius 3 is 2.62 bits per heavy atom. The number of fused-ring (bicyclic) bond motifs is 4. The molecule has 47 heavy (non-hydrogen) atoms. The van der Waals surface area contributed by atoms with E-state index in [4.69, 9.17) is 24.4 Å². The van der Waals surface area contributed by atoms with Gasteiger partial charge in [-0.05, 0) is 77.9 Å². The first-order chi connectivity index (χ1) is 22.5. The van der Waals surface area contributed by atoms with Crippen LogP contribution in [0.5, 0.6) is 0 Å². The number of pyridine rings is 3. The molecule has 4 aromatic rings. The van der Waals surface area contributed by atoms with Crippen molar-refractivity contribution in [3.63, 3.8) is 0 Å². The van der Waals surface area contributed by atoms with Crippen molar-refractivity contribution in [3.8, 4) is 11.3 Å². The van der Waals surface area contributed by atoms with E-state index < -0.39 is 17.6 Å². The van der Waals surface area contributed by atoms with Gasteiger partial charge in [0.25, 0.3) is 5.91 Å². The van der Waals surface area contributed by atoms with Gasteiger partial charge in [-0.3, -0.25) is 9.78 Å². The molecule has 4 aromatic heterocycles. The number of imide groups is 1. The Morgan fingerprint density at radius 2 is 1.87 bits per heavy atom. The zero-order chi connectivity index (χ0) is 33.0. The van der Waals surface area contributed by atoms with Crippen molar-refractivity contribution in [2.45, 2.75) is 58.7 Å². The van der Waals surface area contributed by atoms with E-state index in [1.807, 2.05) is 26.2 Å². The smallest absolute Gasteiger partial charge is 0.417 e. The lowest BCUT2D eigenvalue weighted by molar-refractivity contribution is 0.0248. The van der Waals surface area contributed by atoms with Crippen LogP contribution in [-0.4, -0.2) is 87.3 Å². The monoisotopic (exact) mass is 638 g/mol. The molecule has 2 aliphatic heterocycles. The summed E-state index contributed by atoms with van der Waals surface area (Å²) in [6.45, 7) is 9.02. The van der Waals surface area contributed by atoms with Crippen LogP contribution in [0.3, 0.4) is 0 Å². The van der Waals surface area contributed by atoms with Gasteiger partial charge in [-0.1, -0.05) is 0 Å². The average Bonchev–Trinajstić information content (AvgIpc) is 3.72. The van der Waals surface area contributed by atoms with Gasteiger partial charge in [-0.15, -0.1) is 0 Å². The fourth-order valence-electron chi connectivity index (χ4n) is 7.01. The average molecular weight is 639 g/mol. The number of morpholine rings is 1. The summed E-state index contributed by atoms with van der Waals surface area (Å²) in [5, 5.41) is 4.46. The molecule has 12 heteroatoms. The topological polar surface area (TPSA) is 118 Å². The van der Waals surface area contributed by atoms with Crippen LogP contribution in [0.1, 0.15) is 60.1 Å². The maximum Gasteiger partial charge on any atom is 0.417 e. The largest absolute Gasteiger partial charge is 0.443 e. The number of carbonyl (C=O) groups is 2. The molecule has 1 N–H and O–H groups in total. The molecule has 1 saturated heterocycles. The van der Waals surface area contributed by atoms with E-state index in [-0.39, 0.29) is 6.54 Å². The number of anilines is 3. The number of hydrogen-bond acceptors (Lipinski definition) is 10. The van der Waals surface area contributed by atoms with Crippen LogP contribution in [-0.2, 0) is 42.5 Å². The minimum absolute atomic E-state index is 0.0506. The predicted molar refractivity (Wildman–Crippen MR) is 180 cm³/mol. The number of carbonyl (C=O) groups excluding carboxylic acids is 2. The first-order valence-corrected chi connectivity index (χ1v) is 16.3. The summed E-state index contributed by atoms with van der Waals surface area (Å²) in [4.78, 5) is 47.8. The zero-order valence-electron chi connectivity index (χ0n) is 28.0. The lowest BCUT2D eigenvalue weighted by Gasteiger charge is -2.31. The van der Waals surface area contributed by atoms with Crippen molar-refractivity contribution < 1.29 is 19.1 Å². The summed E-state index contributed by atoms with van der Waals surface area (Å²) in [7, 11) is 6.09. The van der Waals surface area contributed by atoms with E-state index in [0.717, 1.165) is 60.3 Å². The number of ether oxygens (including phenoxy) is 2. The minimum atomic E-state index is -0.759. The van der Waals surface area contributed by atoms with Gasteiger partial charge in [0.15, 0.2) is 0 Å². The summed E-state index contributed by atoms with van der Waals surface area (Å²) >= 11 is 0. The van der Waals surface area contributed by atoms with Crippen molar-refractivity contribution in [3.05, 3.63) is 58.7 Å². The maximum absolute atomic E-state index is 14.1. The van der Waals surface area contributed by atoms with Crippen molar-refractivity contribution >= 4 is 40.2 Å². The summed E-state index contributed by atoms with van der Waals surface area (Å²) < 4.78 is 13.4. The summed E-state index contributed by atoms with van der Waals surface area (Å²) in [5.74, 6) is 0.161. The quantitative estimate of drug-likeness (QED) is 0.307. The number of aryl methyl sites for hydroxylation is 2. The first kappa shape index (κ1) is 31.1.